The minimum atomic E-state index is -0.208. The molecule has 1 aromatic carbocycles. The molecule has 0 saturated heterocycles. The van der Waals surface area contributed by atoms with Crippen LogP contribution >= 0.6 is 0 Å². The molecular weight excluding hydrogens is 266 g/mol. The van der Waals surface area contributed by atoms with E-state index in [1.165, 1.54) is 0 Å². The number of phenols is 1. The second-order valence-electron chi connectivity index (χ2n) is 6.17. The minimum absolute atomic E-state index is 0.144. The van der Waals surface area contributed by atoms with E-state index in [9.17, 15) is 10.2 Å². The molecular formula is C17H27NO3. The molecule has 1 aliphatic rings. The molecule has 0 amide bonds. The molecule has 0 radical (unpaired) electrons. The van der Waals surface area contributed by atoms with Crippen molar-refractivity contribution in [3.63, 3.8) is 0 Å². The molecule has 0 atom stereocenters. The summed E-state index contributed by atoms with van der Waals surface area (Å²) in [6, 6.07) is 5.55. The highest BCUT2D eigenvalue weighted by Gasteiger charge is 2.33. The fourth-order valence-electron chi connectivity index (χ4n) is 2.97. The molecule has 1 fully saturated rings. The maximum Gasteiger partial charge on any atom is 0.162 e. The summed E-state index contributed by atoms with van der Waals surface area (Å²) in [5, 5.41) is 23.5. The van der Waals surface area contributed by atoms with Crippen LogP contribution in [0.25, 0.3) is 0 Å². The predicted molar refractivity (Wildman–Crippen MR) is 83.6 cm³/mol. The van der Waals surface area contributed by atoms with Crippen molar-refractivity contribution in [3.05, 3.63) is 23.8 Å². The van der Waals surface area contributed by atoms with E-state index in [1.807, 2.05) is 19.1 Å². The predicted octanol–water partition coefficient (Wildman–Crippen LogP) is 2.82. The highest BCUT2D eigenvalue weighted by Crippen LogP contribution is 2.34. The van der Waals surface area contributed by atoms with Gasteiger partial charge in [-0.2, -0.15) is 0 Å². The lowest BCUT2D eigenvalue weighted by Crippen LogP contribution is -2.50. The van der Waals surface area contributed by atoms with Crippen molar-refractivity contribution < 1.29 is 14.9 Å². The molecule has 118 valence electrons. The third kappa shape index (κ3) is 3.89. The van der Waals surface area contributed by atoms with Gasteiger partial charge in [0.25, 0.3) is 0 Å². The second-order valence-corrected chi connectivity index (χ2v) is 6.17. The number of nitrogens with one attached hydrogen (secondary N) is 1. The Morgan fingerprint density at radius 3 is 2.67 bits per heavy atom. The van der Waals surface area contributed by atoms with Gasteiger partial charge in [-0.3, -0.25) is 0 Å². The van der Waals surface area contributed by atoms with Crippen molar-refractivity contribution >= 4 is 0 Å². The molecule has 0 heterocycles. The minimum Gasteiger partial charge on any atom is -0.504 e. The van der Waals surface area contributed by atoms with Gasteiger partial charge < -0.3 is 20.3 Å². The van der Waals surface area contributed by atoms with Crippen LogP contribution in [0.15, 0.2) is 18.2 Å². The van der Waals surface area contributed by atoms with Crippen LogP contribution in [0.1, 0.15) is 45.1 Å². The number of para-hydroxylation sites is 1. The molecule has 0 aromatic heterocycles. The molecule has 2 rings (SSSR count). The summed E-state index contributed by atoms with van der Waals surface area (Å²) in [5.41, 5.74) is 0.605. The Morgan fingerprint density at radius 2 is 2.05 bits per heavy atom. The monoisotopic (exact) mass is 293 g/mol. The van der Waals surface area contributed by atoms with E-state index in [-0.39, 0.29) is 17.9 Å². The normalized spacial score (nSPS) is 25.8. The van der Waals surface area contributed by atoms with Crippen molar-refractivity contribution in [2.24, 2.45) is 5.92 Å². The van der Waals surface area contributed by atoms with Crippen LogP contribution in [0.5, 0.6) is 11.5 Å². The summed E-state index contributed by atoms with van der Waals surface area (Å²) in [6.45, 7) is 5.38. The Hall–Kier alpha value is -1.26. The number of phenolic OH excluding ortho intramolecular Hbond substituents is 1. The summed E-state index contributed by atoms with van der Waals surface area (Å²) >= 11 is 0. The zero-order valence-electron chi connectivity index (χ0n) is 13.1. The van der Waals surface area contributed by atoms with Crippen LogP contribution in [0.3, 0.4) is 0 Å². The van der Waals surface area contributed by atoms with E-state index < -0.39 is 0 Å². The van der Waals surface area contributed by atoms with Gasteiger partial charge in [0.05, 0.1) is 13.2 Å². The molecule has 0 unspecified atom stereocenters. The Bertz CT molecular complexity index is 453. The molecule has 1 saturated carbocycles. The van der Waals surface area contributed by atoms with Gasteiger partial charge >= 0.3 is 0 Å². The number of rotatable bonds is 6. The smallest absolute Gasteiger partial charge is 0.162 e. The Labute approximate surface area is 127 Å². The molecule has 0 spiro atoms. The first-order valence-electron chi connectivity index (χ1n) is 7.90. The van der Waals surface area contributed by atoms with Gasteiger partial charge in [-0.25, -0.2) is 0 Å². The van der Waals surface area contributed by atoms with Crippen LogP contribution in [-0.2, 0) is 6.54 Å². The van der Waals surface area contributed by atoms with E-state index in [2.05, 4.69) is 12.2 Å². The maximum absolute atomic E-state index is 10.2. The number of ether oxygens (including phenoxy) is 1. The Kier molecular flexibility index (Phi) is 5.48. The first-order chi connectivity index (χ1) is 10.1. The van der Waals surface area contributed by atoms with Crippen LogP contribution in [0.4, 0.5) is 0 Å². The summed E-state index contributed by atoms with van der Waals surface area (Å²) in [6.07, 6.45) is 4.24. The standard InChI is InChI=1S/C17H27NO3/c1-3-21-15-6-4-5-14(16(15)20)11-18-17(12-19)9-7-13(2)8-10-17/h4-6,13,18-20H,3,7-12H2,1-2H3. The van der Waals surface area contributed by atoms with Crippen LogP contribution in [0.2, 0.25) is 0 Å². The topological polar surface area (TPSA) is 61.7 Å². The Balaban J connectivity index is 2.03. The SMILES string of the molecule is CCOc1cccc(CNC2(CO)CCC(C)CC2)c1O. The molecule has 21 heavy (non-hydrogen) atoms. The number of aliphatic hydroxyl groups is 1. The molecule has 1 aromatic rings. The van der Waals surface area contributed by atoms with Gasteiger partial charge in [0, 0.05) is 17.6 Å². The highest BCUT2D eigenvalue weighted by molar-refractivity contribution is 5.45. The average molecular weight is 293 g/mol. The molecule has 1 aliphatic carbocycles. The molecule has 4 nitrogen and oxygen atoms in total. The van der Waals surface area contributed by atoms with Gasteiger partial charge in [-0.1, -0.05) is 19.1 Å². The van der Waals surface area contributed by atoms with Crippen molar-refractivity contribution in [2.45, 2.75) is 51.6 Å². The van der Waals surface area contributed by atoms with Gasteiger partial charge in [0.1, 0.15) is 0 Å². The third-order valence-electron chi connectivity index (χ3n) is 4.57. The lowest BCUT2D eigenvalue weighted by atomic mass is 9.77. The first-order valence-corrected chi connectivity index (χ1v) is 7.90. The Morgan fingerprint density at radius 1 is 1.33 bits per heavy atom. The van der Waals surface area contributed by atoms with Crippen molar-refractivity contribution in [1.29, 1.82) is 0 Å². The summed E-state index contributed by atoms with van der Waals surface area (Å²) in [4.78, 5) is 0. The number of aromatic hydroxyl groups is 1. The first kappa shape index (κ1) is 16.1. The summed E-state index contributed by atoms with van der Waals surface area (Å²) < 4.78 is 5.41. The number of aliphatic hydroxyl groups excluding tert-OH is 1. The lowest BCUT2D eigenvalue weighted by Gasteiger charge is -2.39. The summed E-state index contributed by atoms with van der Waals surface area (Å²) in [5.74, 6) is 1.46. The largest absolute Gasteiger partial charge is 0.504 e. The zero-order chi connectivity index (χ0) is 15.3. The molecule has 3 N–H and O–H groups in total. The third-order valence-corrected chi connectivity index (χ3v) is 4.57. The van der Waals surface area contributed by atoms with Gasteiger partial charge in [-0.05, 0) is 44.6 Å². The van der Waals surface area contributed by atoms with Crippen LogP contribution < -0.4 is 10.1 Å². The number of hydrogen-bond acceptors (Lipinski definition) is 4. The molecule has 4 heteroatoms. The maximum atomic E-state index is 10.2. The fraction of sp³-hybridized carbons (Fsp3) is 0.647. The van der Waals surface area contributed by atoms with Crippen molar-refractivity contribution in [3.8, 4) is 11.5 Å². The van der Waals surface area contributed by atoms with Crippen LogP contribution in [0, 0.1) is 5.92 Å². The van der Waals surface area contributed by atoms with Crippen LogP contribution in [-0.4, -0.2) is 29.0 Å². The van der Waals surface area contributed by atoms with Crippen molar-refractivity contribution in [2.75, 3.05) is 13.2 Å². The van der Waals surface area contributed by atoms with E-state index in [4.69, 9.17) is 4.74 Å². The van der Waals surface area contributed by atoms with Crippen molar-refractivity contribution in [1.82, 2.24) is 5.32 Å². The lowest BCUT2D eigenvalue weighted by molar-refractivity contribution is 0.104. The summed E-state index contributed by atoms with van der Waals surface area (Å²) in [7, 11) is 0. The second kappa shape index (κ2) is 7.14. The number of hydrogen-bond donors (Lipinski definition) is 3. The van der Waals surface area contributed by atoms with E-state index in [0.29, 0.717) is 18.9 Å². The van der Waals surface area contributed by atoms with E-state index >= 15 is 0 Å². The zero-order valence-corrected chi connectivity index (χ0v) is 13.1. The van der Waals surface area contributed by atoms with Gasteiger partial charge in [0.15, 0.2) is 11.5 Å². The molecule has 0 bridgehead atoms. The quantitative estimate of drug-likeness (QED) is 0.755. The van der Waals surface area contributed by atoms with E-state index in [1.54, 1.807) is 6.07 Å². The molecule has 0 aliphatic heterocycles. The average Bonchev–Trinajstić information content (AvgIpc) is 2.50. The van der Waals surface area contributed by atoms with E-state index in [0.717, 1.165) is 37.2 Å². The fourth-order valence-corrected chi connectivity index (χ4v) is 2.97. The van der Waals surface area contributed by atoms with Gasteiger partial charge in [0.2, 0.25) is 0 Å². The van der Waals surface area contributed by atoms with Gasteiger partial charge in [-0.15, -0.1) is 0 Å². The highest BCUT2D eigenvalue weighted by atomic mass is 16.5. The number of benzene rings is 1.